The van der Waals surface area contributed by atoms with Gasteiger partial charge in [0.25, 0.3) is 5.56 Å². The highest BCUT2D eigenvalue weighted by atomic mass is 16.3. The second-order valence-electron chi connectivity index (χ2n) is 6.15. The lowest BCUT2D eigenvalue weighted by atomic mass is 9.94. The zero-order valence-electron chi connectivity index (χ0n) is 13.2. The molecule has 124 valence electrons. The van der Waals surface area contributed by atoms with Crippen LogP contribution < -0.4 is 5.56 Å². The molecule has 0 saturated carbocycles. The summed E-state index contributed by atoms with van der Waals surface area (Å²) in [5.74, 6) is 2.02. The van der Waals surface area contributed by atoms with Gasteiger partial charge in [-0.25, -0.2) is 4.98 Å². The molecule has 0 aliphatic carbocycles. The molecule has 4 rings (SSSR count). The van der Waals surface area contributed by atoms with E-state index >= 15 is 0 Å². The maximum atomic E-state index is 11.5. The fraction of sp³-hybridized carbons (Fsp3) is 0.353. The van der Waals surface area contributed by atoms with Gasteiger partial charge in [-0.05, 0) is 37.6 Å². The van der Waals surface area contributed by atoms with Gasteiger partial charge in [0.2, 0.25) is 0 Å². The zero-order valence-corrected chi connectivity index (χ0v) is 13.2. The molecule has 4 heterocycles. The summed E-state index contributed by atoms with van der Waals surface area (Å²) < 4.78 is 5.91. The number of nitrogens with zero attached hydrogens (tertiary/aromatic N) is 3. The minimum atomic E-state index is -0.0904. The van der Waals surface area contributed by atoms with Crippen molar-refractivity contribution in [1.82, 2.24) is 25.1 Å². The van der Waals surface area contributed by atoms with E-state index in [0.717, 1.165) is 55.4 Å². The number of piperidine rings is 1. The predicted octanol–water partition coefficient (Wildman–Crippen LogP) is 2.13. The van der Waals surface area contributed by atoms with Crippen LogP contribution in [0.15, 0.2) is 46.0 Å². The second kappa shape index (κ2) is 6.45. The summed E-state index contributed by atoms with van der Waals surface area (Å²) in [5, 5.41) is 6.85. The minimum Gasteiger partial charge on any atom is -0.458 e. The average Bonchev–Trinajstić information content (AvgIpc) is 3.26. The summed E-state index contributed by atoms with van der Waals surface area (Å²) in [6.07, 6.45) is 5.35. The Hall–Kier alpha value is -2.67. The average molecular weight is 325 g/mol. The van der Waals surface area contributed by atoms with Gasteiger partial charge in [0.15, 0.2) is 5.76 Å². The van der Waals surface area contributed by atoms with E-state index in [4.69, 9.17) is 4.42 Å². The van der Waals surface area contributed by atoms with Crippen molar-refractivity contribution >= 4 is 0 Å². The van der Waals surface area contributed by atoms with Gasteiger partial charge < -0.3 is 9.40 Å². The van der Waals surface area contributed by atoms with Crippen molar-refractivity contribution in [1.29, 1.82) is 0 Å². The van der Waals surface area contributed by atoms with E-state index in [0.29, 0.717) is 5.92 Å². The van der Waals surface area contributed by atoms with E-state index in [1.807, 2.05) is 18.2 Å². The van der Waals surface area contributed by atoms with Crippen LogP contribution in [0.3, 0.4) is 0 Å². The van der Waals surface area contributed by atoms with Crippen LogP contribution in [0.4, 0.5) is 0 Å². The molecule has 24 heavy (non-hydrogen) atoms. The van der Waals surface area contributed by atoms with Gasteiger partial charge in [0, 0.05) is 24.7 Å². The third-order valence-corrected chi connectivity index (χ3v) is 4.43. The van der Waals surface area contributed by atoms with Crippen molar-refractivity contribution in [2.24, 2.45) is 0 Å². The summed E-state index contributed by atoms with van der Waals surface area (Å²) in [4.78, 5) is 20.7. The Kier molecular flexibility index (Phi) is 4.00. The Morgan fingerprint density at radius 2 is 2.29 bits per heavy atom. The molecule has 3 aromatic heterocycles. The van der Waals surface area contributed by atoms with Gasteiger partial charge in [-0.1, -0.05) is 0 Å². The molecule has 1 aliphatic rings. The summed E-state index contributed by atoms with van der Waals surface area (Å²) in [6.45, 7) is 2.67. The second-order valence-corrected chi connectivity index (χ2v) is 6.15. The zero-order chi connectivity index (χ0) is 16.4. The van der Waals surface area contributed by atoms with Crippen LogP contribution in [0.25, 0.3) is 11.5 Å². The molecule has 7 nitrogen and oxygen atoms in total. The monoisotopic (exact) mass is 325 g/mol. The first-order valence-electron chi connectivity index (χ1n) is 8.13. The third kappa shape index (κ3) is 3.16. The molecule has 0 spiro atoms. The molecule has 7 heteroatoms. The number of hydrogen-bond acceptors (Lipinski definition) is 5. The van der Waals surface area contributed by atoms with Crippen LogP contribution in [-0.4, -0.2) is 38.2 Å². The van der Waals surface area contributed by atoms with Gasteiger partial charge in [-0.3, -0.25) is 14.8 Å². The fourth-order valence-corrected chi connectivity index (χ4v) is 3.27. The normalized spacial score (nSPS) is 18.8. The summed E-state index contributed by atoms with van der Waals surface area (Å²) in [7, 11) is 0. The first kappa shape index (κ1) is 14.9. The Labute approximate surface area is 138 Å². The number of aromatic nitrogens is 4. The fourth-order valence-electron chi connectivity index (χ4n) is 3.27. The van der Waals surface area contributed by atoms with Crippen LogP contribution in [0.5, 0.6) is 0 Å². The van der Waals surface area contributed by atoms with Crippen LogP contribution in [-0.2, 0) is 6.54 Å². The van der Waals surface area contributed by atoms with Gasteiger partial charge in [0.1, 0.15) is 11.5 Å². The molecule has 1 unspecified atom stereocenters. The molecule has 1 atom stereocenters. The first-order valence-corrected chi connectivity index (χ1v) is 8.13. The molecule has 0 aromatic carbocycles. The van der Waals surface area contributed by atoms with Crippen molar-refractivity contribution in [2.45, 2.75) is 25.3 Å². The van der Waals surface area contributed by atoms with E-state index in [9.17, 15) is 4.79 Å². The quantitative estimate of drug-likeness (QED) is 0.767. The highest BCUT2D eigenvalue weighted by Crippen LogP contribution is 2.27. The molecule has 1 aliphatic heterocycles. The van der Waals surface area contributed by atoms with Gasteiger partial charge in [0.05, 0.1) is 18.6 Å². The van der Waals surface area contributed by atoms with Crippen molar-refractivity contribution in [3.8, 4) is 11.5 Å². The molecule has 1 fully saturated rings. The number of hydrogen-bond donors (Lipinski definition) is 2. The third-order valence-electron chi connectivity index (χ3n) is 4.43. The topological polar surface area (TPSA) is 90.8 Å². The highest BCUT2D eigenvalue weighted by Gasteiger charge is 2.23. The number of nitrogens with one attached hydrogen (secondary N) is 2. The lowest BCUT2D eigenvalue weighted by Gasteiger charge is -2.31. The molecule has 2 N–H and O–H groups in total. The van der Waals surface area contributed by atoms with E-state index < -0.39 is 0 Å². The summed E-state index contributed by atoms with van der Waals surface area (Å²) in [6, 6.07) is 7.46. The molecular formula is C17H19N5O2. The maximum Gasteiger partial charge on any atom is 0.250 e. The van der Waals surface area contributed by atoms with Crippen molar-refractivity contribution < 1.29 is 4.42 Å². The van der Waals surface area contributed by atoms with E-state index in [-0.39, 0.29) is 5.56 Å². The van der Waals surface area contributed by atoms with E-state index in [1.165, 1.54) is 6.33 Å². The summed E-state index contributed by atoms with van der Waals surface area (Å²) >= 11 is 0. The maximum absolute atomic E-state index is 11.5. The molecular weight excluding hydrogens is 306 g/mol. The number of likely N-dealkylation sites (tertiary alicyclic amines) is 1. The molecule has 1 saturated heterocycles. The molecule has 0 radical (unpaired) electrons. The lowest BCUT2D eigenvalue weighted by molar-refractivity contribution is 0.185. The van der Waals surface area contributed by atoms with Gasteiger partial charge in [-0.15, -0.1) is 0 Å². The van der Waals surface area contributed by atoms with Crippen molar-refractivity contribution in [3.05, 3.63) is 58.6 Å². The molecule has 0 bridgehead atoms. The molecule has 0 amide bonds. The van der Waals surface area contributed by atoms with Crippen LogP contribution in [0, 0.1) is 0 Å². The van der Waals surface area contributed by atoms with Crippen molar-refractivity contribution in [3.63, 3.8) is 0 Å². The lowest BCUT2D eigenvalue weighted by Crippen LogP contribution is -2.34. The van der Waals surface area contributed by atoms with Crippen LogP contribution in [0.2, 0.25) is 0 Å². The van der Waals surface area contributed by atoms with E-state index in [2.05, 4.69) is 25.1 Å². The predicted molar refractivity (Wildman–Crippen MR) is 88.4 cm³/mol. The molecule has 3 aromatic rings. The number of aromatic amines is 2. The van der Waals surface area contributed by atoms with Crippen LogP contribution in [0.1, 0.15) is 30.2 Å². The smallest absolute Gasteiger partial charge is 0.250 e. The highest BCUT2D eigenvalue weighted by molar-refractivity contribution is 5.51. The van der Waals surface area contributed by atoms with Crippen LogP contribution >= 0.6 is 0 Å². The van der Waals surface area contributed by atoms with Gasteiger partial charge >= 0.3 is 0 Å². The number of furan rings is 1. The number of H-pyrrole nitrogens is 2. The summed E-state index contributed by atoms with van der Waals surface area (Å²) in [5.41, 5.74) is 1.67. The van der Waals surface area contributed by atoms with E-state index in [1.54, 1.807) is 12.3 Å². The van der Waals surface area contributed by atoms with Gasteiger partial charge in [-0.2, -0.15) is 5.10 Å². The minimum absolute atomic E-state index is 0.0904. The Bertz CT molecular complexity index is 852. The number of rotatable bonds is 4. The first-order chi connectivity index (χ1) is 11.8. The SMILES string of the molecule is O=c1cc(C2CCCN(Cc3ccc(-c4ccn[nH]4)o3)C2)nc[nH]1. The largest absolute Gasteiger partial charge is 0.458 e. The Morgan fingerprint density at radius 1 is 1.33 bits per heavy atom. The Morgan fingerprint density at radius 3 is 3.12 bits per heavy atom. The van der Waals surface area contributed by atoms with Crippen molar-refractivity contribution in [2.75, 3.05) is 13.1 Å². The standard InChI is InChI=1S/C17H19N5O2/c23-17-8-15(18-11-19-17)12-2-1-7-22(9-12)10-13-3-4-16(24-13)14-5-6-20-21-14/h3-6,8,11-12H,1-2,7,9-10H2,(H,20,21)(H,18,19,23). The Balaban J connectivity index is 1.44.